The third-order valence-electron chi connectivity index (χ3n) is 3.94. The predicted molar refractivity (Wildman–Crippen MR) is 92.3 cm³/mol. The molecule has 24 heavy (non-hydrogen) atoms. The van der Waals surface area contributed by atoms with Crippen molar-refractivity contribution in [3.05, 3.63) is 53.1 Å². The first-order valence-electron chi connectivity index (χ1n) is 7.66. The smallest absolute Gasteiger partial charge is 0.238 e. The largest absolute Gasteiger partial charge is 0.325 e. The molecule has 5 nitrogen and oxygen atoms in total. The van der Waals surface area contributed by atoms with Gasteiger partial charge in [-0.05, 0) is 30.2 Å². The summed E-state index contributed by atoms with van der Waals surface area (Å²) in [5.74, 6) is -0.644. The Bertz CT molecular complexity index is 787. The van der Waals surface area contributed by atoms with Crippen molar-refractivity contribution in [2.75, 3.05) is 25.0 Å². The number of rotatable bonds is 4. The van der Waals surface area contributed by atoms with Gasteiger partial charge in [-0.2, -0.15) is 5.10 Å². The summed E-state index contributed by atoms with van der Waals surface area (Å²) >= 11 is 5.71. The van der Waals surface area contributed by atoms with Gasteiger partial charge in [-0.15, -0.1) is 0 Å². The number of hydrogen-bond acceptors (Lipinski definition) is 3. The van der Waals surface area contributed by atoms with Crippen molar-refractivity contribution in [2.24, 2.45) is 7.05 Å². The molecule has 3 rings (SSSR count). The fourth-order valence-corrected chi connectivity index (χ4v) is 2.86. The Hall–Kier alpha value is -2.18. The molecule has 1 aliphatic rings. The maximum absolute atomic E-state index is 13.1. The molecule has 1 aliphatic heterocycles. The van der Waals surface area contributed by atoms with Crippen LogP contribution in [-0.4, -0.2) is 40.2 Å². The van der Waals surface area contributed by atoms with E-state index in [4.69, 9.17) is 11.6 Å². The molecule has 0 fully saturated rings. The topological polar surface area (TPSA) is 50.2 Å². The Morgan fingerprint density at radius 3 is 2.92 bits per heavy atom. The molecule has 0 spiro atoms. The Morgan fingerprint density at radius 2 is 2.29 bits per heavy atom. The molecule has 2 aromatic rings. The minimum atomic E-state index is -0.501. The van der Waals surface area contributed by atoms with Crippen molar-refractivity contribution in [3.8, 4) is 0 Å². The molecule has 7 heteroatoms. The van der Waals surface area contributed by atoms with Crippen LogP contribution in [0.4, 0.5) is 10.1 Å². The van der Waals surface area contributed by atoms with Crippen molar-refractivity contribution in [3.63, 3.8) is 0 Å². The lowest BCUT2D eigenvalue weighted by molar-refractivity contribution is -0.117. The summed E-state index contributed by atoms with van der Waals surface area (Å²) in [6.45, 7) is 1.80. The van der Waals surface area contributed by atoms with Crippen LogP contribution in [-0.2, 0) is 11.8 Å². The maximum atomic E-state index is 13.1. The van der Waals surface area contributed by atoms with Gasteiger partial charge in [0.1, 0.15) is 5.82 Å². The molecule has 0 radical (unpaired) electrons. The number of carbonyl (C=O) groups is 1. The number of aromatic nitrogens is 2. The fraction of sp³-hybridized carbons (Fsp3) is 0.294. The molecule has 0 bridgehead atoms. The van der Waals surface area contributed by atoms with Gasteiger partial charge in [0.25, 0.3) is 0 Å². The summed E-state index contributed by atoms with van der Waals surface area (Å²) < 4.78 is 14.9. The van der Waals surface area contributed by atoms with Crippen molar-refractivity contribution in [2.45, 2.75) is 6.42 Å². The number of amides is 1. The Labute approximate surface area is 144 Å². The molecule has 1 aromatic heterocycles. The van der Waals surface area contributed by atoms with Gasteiger partial charge in [0.15, 0.2) is 0 Å². The average molecular weight is 349 g/mol. The van der Waals surface area contributed by atoms with Gasteiger partial charge < -0.3 is 5.32 Å². The third kappa shape index (κ3) is 4.01. The summed E-state index contributed by atoms with van der Waals surface area (Å²) in [4.78, 5) is 14.2. The van der Waals surface area contributed by atoms with Gasteiger partial charge >= 0.3 is 0 Å². The van der Waals surface area contributed by atoms with Crippen LogP contribution in [0.3, 0.4) is 0 Å². The minimum Gasteiger partial charge on any atom is -0.325 e. The van der Waals surface area contributed by atoms with Gasteiger partial charge in [0, 0.05) is 37.6 Å². The molecule has 1 aromatic carbocycles. The van der Waals surface area contributed by atoms with E-state index in [0.29, 0.717) is 12.2 Å². The zero-order chi connectivity index (χ0) is 17.1. The van der Waals surface area contributed by atoms with Crippen LogP contribution < -0.4 is 5.32 Å². The number of carbonyl (C=O) groups excluding carboxylic acids is 1. The number of halogens is 2. The Kier molecular flexibility index (Phi) is 4.97. The zero-order valence-electron chi connectivity index (χ0n) is 13.3. The summed E-state index contributed by atoms with van der Waals surface area (Å²) in [5.41, 5.74) is 2.88. The van der Waals surface area contributed by atoms with Crippen LogP contribution in [0.15, 0.2) is 36.7 Å². The third-order valence-corrected chi connectivity index (χ3v) is 4.23. The zero-order valence-corrected chi connectivity index (χ0v) is 14.1. The van der Waals surface area contributed by atoms with E-state index in [1.54, 1.807) is 4.68 Å². The standard InChI is InChI=1S/C17H18ClFN4O/c1-22-10-13(9-20-22)12-4-6-23(7-5-12)11-17(24)21-14-2-3-16(19)15(18)8-14/h2-4,8-10H,5-7,11H2,1H3,(H,21,24). The second kappa shape index (κ2) is 7.15. The van der Waals surface area contributed by atoms with E-state index in [1.807, 2.05) is 19.4 Å². The molecule has 0 unspecified atom stereocenters. The van der Waals surface area contributed by atoms with E-state index in [9.17, 15) is 9.18 Å². The van der Waals surface area contributed by atoms with Crippen LogP contribution in [0.2, 0.25) is 5.02 Å². The second-order valence-corrected chi connectivity index (χ2v) is 6.20. The van der Waals surface area contributed by atoms with E-state index in [1.165, 1.54) is 23.8 Å². The van der Waals surface area contributed by atoms with E-state index < -0.39 is 5.82 Å². The maximum Gasteiger partial charge on any atom is 0.238 e. The number of hydrogen-bond donors (Lipinski definition) is 1. The summed E-state index contributed by atoms with van der Waals surface area (Å²) in [6, 6.07) is 4.14. The highest BCUT2D eigenvalue weighted by Crippen LogP contribution is 2.22. The van der Waals surface area contributed by atoms with Crippen LogP contribution in [0.5, 0.6) is 0 Å². The van der Waals surface area contributed by atoms with Gasteiger partial charge in [-0.3, -0.25) is 14.4 Å². The minimum absolute atomic E-state index is 0.00480. The molecule has 0 saturated heterocycles. The second-order valence-electron chi connectivity index (χ2n) is 5.79. The quantitative estimate of drug-likeness (QED) is 0.924. The molecule has 0 aliphatic carbocycles. The SMILES string of the molecule is Cn1cc(C2=CCN(CC(=O)Nc3ccc(F)c(Cl)c3)CC2)cn1. The van der Waals surface area contributed by atoms with Crippen molar-refractivity contribution in [1.82, 2.24) is 14.7 Å². The first-order valence-corrected chi connectivity index (χ1v) is 8.04. The molecule has 2 heterocycles. The molecule has 0 atom stereocenters. The van der Waals surface area contributed by atoms with Gasteiger partial charge in [-0.25, -0.2) is 4.39 Å². The highest BCUT2D eigenvalue weighted by Gasteiger charge is 2.16. The van der Waals surface area contributed by atoms with Crippen LogP contribution in [0.1, 0.15) is 12.0 Å². The highest BCUT2D eigenvalue weighted by molar-refractivity contribution is 6.31. The van der Waals surface area contributed by atoms with Crippen LogP contribution in [0.25, 0.3) is 5.57 Å². The van der Waals surface area contributed by atoms with Crippen LogP contribution >= 0.6 is 11.6 Å². The van der Waals surface area contributed by atoms with E-state index >= 15 is 0 Å². The van der Waals surface area contributed by atoms with Crippen LogP contribution in [0, 0.1) is 5.82 Å². The molecule has 126 valence electrons. The molecule has 0 saturated carbocycles. The van der Waals surface area contributed by atoms with Gasteiger partial charge in [0.2, 0.25) is 5.91 Å². The number of nitrogens with zero attached hydrogens (tertiary/aromatic N) is 3. The average Bonchev–Trinajstić information content (AvgIpc) is 2.98. The highest BCUT2D eigenvalue weighted by atomic mass is 35.5. The number of benzene rings is 1. The van der Waals surface area contributed by atoms with E-state index in [-0.39, 0.29) is 17.5 Å². The van der Waals surface area contributed by atoms with Crippen molar-refractivity contribution < 1.29 is 9.18 Å². The fourth-order valence-electron chi connectivity index (χ4n) is 2.68. The van der Waals surface area contributed by atoms with Gasteiger partial charge in [0.05, 0.1) is 17.8 Å². The van der Waals surface area contributed by atoms with E-state index in [0.717, 1.165) is 18.5 Å². The summed E-state index contributed by atoms with van der Waals surface area (Å²) in [7, 11) is 1.89. The predicted octanol–water partition coefficient (Wildman–Crippen LogP) is 2.94. The lowest BCUT2D eigenvalue weighted by atomic mass is 10.0. The normalized spacial score (nSPS) is 15.2. The monoisotopic (exact) mass is 348 g/mol. The Morgan fingerprint density at radius 1 is 1.46 bits per heavy atom. The molecular weight excluding hydrogens is 331 g/mol. The summed E-state index contributed by atoms with van der Waals surface area (Å²) in [5, 5.41) is 6.91. The number of aryl methyl sites for hydroxylation is 1. The lowest BCUT2D eigenvalue weighted by Crippen LogP contribution is -2.36. The first kappa shape index (κ1) is 16.7. The first-order chi connectivity index (χ1) is 11.5. The van der Waals surface area contributed by atoms with E-state index in [2.05, 4.69) is 21.4 Å². The molecule has 1 N–H and O–H groups in total. The number of nitrogens with one attached hydrogen (secondary N) is 1. The number of anilines is 1. The lowest BCUT2D eigenvalue weighted by Gasteiger charge is -2.25. The van der Waals surface area contributed by atoms with Gasteiger partial charge in [-0.1, -0.05) is 17.7 Å². The summed E-state index contributed by atoms with van der Waals surface area (Å²) in [6.07, 6.45) is 6.85. The van der Waals surface area contributed by atoms with Crippen molar-refractivity contribution in [1.29, 1.82) is 0 Å². The Balaban J connectivity index is 1.54. The van der Waals surface area contributed by atoms with Crippen molar-refractivity contribution >= 4 is 28.8 Å². The molecular formula is C17H18ClFN4O. The molecule has 1 amide bonds.